The molecule has 1 aliphatic rings. The molecule has 0 heterocycles. The maximum Gasteiger partial charge on any atom is 0.0305 e. The van der Waals surface area contributed by atoms with Gasteiger partial charge in [0.2, 0.25) is 0 Å². The smallest absolute Gasteiger partial charge is 0.0305 e. The second-order valence-corrected chi connectivity index (χ2v) is 2.19. The molecule has 0 bridgehead atoms. The van der Waals surface area contributed by atoms with E-state index in [0.717, 1.165) is 0 Å². The molecule has 0 heteroatoms. The zero-order valence-electron chi connectivity index (χ0n) is 16.6. The first-order valence-corrected chi connectivity index (χ1v) is 2.94. The van der Waals surface area contributed by atoms with Gasteiger partial charge in [0, 0.05) is 15.1 Å². The average Bonchev–Trinajstić information content (AvgIpc) is 2.24. The van der Waals surface area contributed by atoms with Crippen LogP contribution in [0.3, 0.4) is 0 Å². The molecule has 1 rings (SSSR count). The van der Waals surface area contributed by atoms with Gasteiger partial charge in [-0.3, -0.25) is 0 Å². The van der Waals surface area contributed by atoms with Crippen molar-refractivity contribution in [2.24, 2.45) is 11.8 Å². The summed E-state index contributed by atoms with van der Waals surface area (Å²) in [7, 11) is 0. The van der Waals surface area contributed by atoms with Gasteiger partial charge in [-0.15, -0.1) is 0 Å². The molecule has 54 valence electrons. The number of rotatable bonds is 1. The summed E-state index contributed by atoms with van der Waals surface area (Å²) in [5, 5.41) is 0. The highest BCUT2D eigenvalue weighted by molar-refractivity contribution is 4.67. The van der Waals surface area contributed by atoms with E-state index in [-0.39, 0.29) is 0 Å². The van der Waals surface area contributed by atoms with Gasteiger partial charge >= 0.3 is 0 Å². The molecule has 0 aliphatic heterocycles. The Morgan fingerprint density at radius 3 is 2.33 bits per heavy atom. The molecule has 0 unspecified atom stereocenters. The van der Waals surface area contributed by atoms with Crippen molar-refractivity contribution in [1.29, 1.82) is 0 Å². The first kappa shape index (κ1) is 1.44. The van der Waals surface area contributed by atoms with Crippen LogP contribution in [0.25, 0.3) is 0 Å². The van der Waals surface area contributed by atoms with Crippen molar-refractivity contribution in [3.8, 4) is 0 Å². The van der Waals surface area contributed by atoms with Crippen LogP contribution in [0.15, 0.2) is 0 Å². The van der Waals surface area contributed by atoms with Gasteiger partial charge in [-0.1, -0.05) is 45.7 Å². The van der Waals surface area contributed by atoms with Crippen molar-refractivity contribution in [2.75, 3.05) is 0 Å². The van der Waals surface area contributed by atoms with Crippen LogP contribution in [0, 0.1) is 11.8 Å². The van der Waals surface area contributed by atoms with Crippen LogP contribution in [-0.2, 0) is 0 Å². The maximum atomic E-state index is 8.17. The van der Waals surface area contributed by atoms with Crippen LogP contribution in [0.2, 0.25) is 0 Å². The maximum absolute atomic E-state index is 8.17. The van der Waals surface area contributed by atoms with E-state index in [2.05, 4.69) is 0 Å². The molecule has 0 N–H and O–H groups in total. The third kappa shape index (κ3) is 2.00. The second kappa shape index (κ2) is 3.24. The Morgan fingerprint density at radius 2 is 1.89 bits per heavy atom. The van der Waals surface area contributed by atoms with Crippen molar-refractivity contribution < 1.29 is 15.1 Å². The molecule has 0 aromatic heterocycles. The summed E-state index contributed by atoms with van der Waals surface area (Å²) in [6.45, 7) is 2.60. The molecule has 0 aromatic rings. The van der Waals surface area contributed by atoms with Crippen LogP contribution in [-0.4, -0.2) is 0 Å². The van der Waals surface area contributed by atoms with E-state index in [4.69, 9.17) is 15.1 Å². The molecule has 1 aliphatic carbocycles. The van der Waals surface area contributed by atoms with E-state index in [0.29, 0.717) is 0 Å². The van der Waals surface area contributed by atoms with Crippen LogP contribution in [0.4, 0.5) is 0 Å². The normalized spacial score (nSPS) is 72.6. The topological polar surface area (TPSA) is 0 Å². The molecule has 0 radical (unpaired) electrons. The van der Waals surface area contributed by atoms with Gasteiger partial charge in [0.15, 0.2) is 0 Å². The van der Waals surface area contributed by atoms with Crippen molar-refractivity contribution in [3.05, 3.63) is 0 Å². The van der Waals surface area contributed by atoms with Gasteiger partial charge < -0.3 is 0 Å². The first-order chi connectivity index (χ1) is 8.44. The highest BCUT2D eigenvalue weighted by Gasteiger charge is 2.15. The fraction of sp³-hybridized carbons (Fsp3) is 1.00. The third-order valence-corrected chi connectivity index (χ3v) is 1.10. The predicted molar refractivity (Wildman–Crippen MR) is 41.4 cm³/mol. The number of hydrogen-bond donors (Lipinski definition) is 0. The monoisotopic (exact) mass is 137 g/mol. The van der Waals surface area contributed by atoms with E-state index < -0.39 is 43.7 Å². The van der Waals surface area contributed by atoms with E-state index in [1.807, 2.05) is 0 Å². The molecule has 0 saturated heterocycles. The summed E-state index contributed by atoms with van der Waals surface area (Å²) < 4.78 is 85.6. The average molecular weight is 137 g/mol. The highest BCUT2D eigenvalue weighted by Crippen LogP contribution is 2.29. The van der Waals surface area contributed by atoms with Gasteiger partial charge in [0.05, 0.1) is 0 Å². The molecule has 0 amide bonds. The minimum Gasteiger partial charge on any atom is -0.0625 e. The Balaban J connectivity index is 3.83. The van der Waals surface area contributed by atoms with Crippen molar-refractivity contribution >= 4 is 0 Å². The lowest BCUT2D eigenvalue weighted by atomic mass is 9.82. The van der Waals surface area contributed by atoms with Crippen molar-refractivity contribution in [3.63, 3.8) is 0 Å². The lowest BCUT2D eigenvalue weighted by Gasteiger charge is -2.24. The van der Waals surface area contributed by atoms with Gasteiger partial charge in [-0.05, 0) is 11.8 Å². The zero-order chi connectivity index (χ0) is 16.6. The molecule has 0 aromatic carbocycles. The molecule has 1 fully saturated rings. The Hall–Kier alpha value is 0. The van der Waals surface area contributed by atoms with E-state index >= 15 is 0 Å². The van der Waals surface area contributed by atoms with Gasteiger partial charge in [-0.25, -0.2) is 0 Å². The zero-order valence-corrected chi connectivity index (χ0v) is 5.58. The molecule has 0 nitrogen and oxygen atoms in total. The van der Waals surface area contributed by atoms with Gasteiger partial charge in [0.25, 0.3) is 0 Å². The Kier molecular flexibility index (Phi) is 0.518. The van der Waals surface area contributed by atoms with Crippen LogP contribution >= 0.6 is 0 Å². The Morgan fingerprint density at radius 1 is 1.33 bits per heavy atom. The minimum atomic E-state index is -3.42. The van der Waals surface area contributed by atoms with Gasteiger partial charge in [-0.2, -0.15) is 0 Å². The minimum absolute atomic E-state index is 1.06. The Labute approximate surface area is 74.1 Å². The summed E-state index contributed by atoms with van der Waals surface area (Å²) in [5.74, 6) is -3.84. The standard InChI is InChI=1S/C9H18/c1-8(2)9-6-4-3-5-7-9/h8-9H,3-7H2,1-2H3/i3D2,4D2,5D2,6D2,7D2,9D. The fourth-order valence-electron chi connectivity index (χ4n) is 0.548. The summed E-state index contributed by atoms with van der Waals surface area (Å²) in [5.41, 5.74) is 0. The highest BCUT2D eigenvalue weighted by atomic mass is 14.2. The predicted octanol–water partition coefficient (Wildman–Crippen LogP) is 3.22. The number of hydrogen-bond acceptors (Lipinski definition) is 0. The SMILES string of the molecule is [2H]C1([2H])C([2H])([2H])C([2H])([2H])C([2H])(C(C)C)C([2H])([2H])C1([2H])[2H]. The quantitative estimate of drug-likeness (QED) is 0.520. The fourth-order valence-corrected chi connectivity index (χ4v) is 0.548. The summed E-state index contributed by atoms with van der Waals surface area (Å²) in [6, 6.07) is 0. The first-order valence-electron chi connectivity index (χ1n) is 8.44. The van der Waals surface area contributed by atoms with Crippen LogP contribution in [0.5, 0.6) is 0 Å². The molecular weight excluding hydrogens is 108 g/mol. The lowest BCUT2D eigenvalue weighted by Crippen LogP contribution is -2.12. The van der Waals surface area contributed by atoms with Crippen LogP contribution < -0.4 is 0 Å². The molecule has 0 spiro atoms. The van der Waals surface area contributed by atoms with E-state index in [1.165, 1.54) is 13.8 Å². The van der Waals surface area contributed by atoms with Gasteiger partial charge in [0.1, 0.15) is 0 Å². The molecule has 0 atom stereocenters. The van der Waals surface area contributed by atoms with E-state index in [1.54, 1.807) is 0 Å². The summed E-state index contributed by atoms with van der Waals surface area (Å²) >= 11 is 0. The second-order valence-electron chi connectivity index (χ2n) is 2.19. The third-order valence-electron chi connectivity index (χ3n) is 1.10. The van der Waals surface area contributed by atoms with Crippen molar-refractivity contribution in [2.45, 2.75) is 45.7 Å². The van der Waals surface area contributed by atoms with E-state index in [9.17, 15) is 0 Å². The largest absolute Gasteiger partial charge is 0.0625 e. The molecular formula is C9H18. The summed E-state index contributed by atoms with van der Waals surface area (Å²) in [4.78, 5) is 0. The van der Waals surface area contributed by atoms with Crippen molar-refractivity contribution in [1.82, 2.24) is 0 Å². The summed E-state index contributed by atoms with van der Waals surface area (Å²) in [6.07, 6.45) is -16.6. The Bertz CT molecular complexity index is 378. The molecule has 1 saturated carbocycles. The lowest BCUT2D eigenvalue weighted by molar-refractivity contribution is 0.279. The molecule has 9 heavy (non-hydrogen) atoms. The van der Waals surface area contributed by atoms with Crippen LogP contribution in [0.1, 0.15) is 60.8 Å².